The zero-order chi connectivity index (χ0) is 12.7. The highest BCUT2D eigenvalue weighted by atomic mass is 16.6. The molecule has 0 fully saturated rings. The van der Waals surface area contributed by atoms with Gasteiger partial charge in [-0.3, -0.25) is 4.79 Å². The Kier molecular flexibility index (Phi) is 6.53. The highest BCUT2D eigenvalue weighted by molar-refractivity contribution is 5.74. The third kappa shape index (κ3) is 4.51. The van der Waals surface area contributed by atoms with Crippen molar-refractivity contribution in [2.24, 2.45) is 5.92 Å². The number of hydrogen-bond donors (Lipinski definition) is 0. The monoisotopic (exact) mass is 231 g/mol. The van der Waals surface area contributed by atoms with E-state index in [2.05, 4.69) is 4.74 Å². The minimum Gasteiger partial charge on any atom is -0.469 e. The van der Waals surface area contributed by atoms with E-state index in [0.717, 1.165) is 0 Å². The van der Waals surface area contributed by atoms with E-state index < -0.39 is 6.09 Å². The van der Waals surface area contributed by atoms with Gasteiger partial charge in [0.2, 0.25) is 0 Å². The fourth-order valence-corrected chi connectivity index (χ4v) is 1.27. The molecule has 5 heteroatoms. The molecule has 0 aliphatic heterocycles. The van der Waals surface area contributed by atoms with E-state index in [1.54, 1.807) is 13.8 Å². The second kappa shape index (κ2) is 7.09. The first kappa shape index (κ1) is 14.7. The molecule has 0 aromatic heterocycles. The summed E-state index contributed by atoms with van der Waals surface area (Å²) in [7, 11) is 1.34. The third-order valence-electron chi connectivity index (χ3n) is 2.20. The fourth-order valence-electron chi connectivity index (χ4n) is 1.27. The highest BCUT2D eigenvalue weighted by Crippen LogP contribution is 2.08. The maximum absolute atomic E-state index is 11.6. The van der Waals surface area contributed by atoms with Gasteiger partial charge < -0.3 is 14.4 Å². The van der Waals surface area contributed by atoms with Gasteiger partial charge in [-0.15, -0.1) is 0 Å². The maximum Gasteiger partial charge on any atom is 0.409 e. The lowest BCUT2D eigenvalue weighted by Gasteiger charge is -2.27. The molecule has 94 valence electrons. The summed E-state index contributed by atoms with van der Waals surface area (Å²) in [6.07, 6.45) is -0.395. The molecule has 5 nitrogen and oxygen atoms in total. The lowest BCUT2D eigenvalue weighted by Crippen LogP contribution is -2.42. The van der Waals surface area contributed by atoms with Gasteiger partial charge in [0, 0.05) is 12.6 Å². The minimum atomic E-state index is -0.395. The van der Waals surface area contributed by atoms with Crippen LogP contribution in [0.5, 0.6) is 0 Å². The van der Waals surface area contributed by atoms with Crippen molar-refractivity contribution in [1.82, 2.24) is 4.90 Å². The largest absolute Gasteiger partial charge is 0.469 e. The number of ether oxygens (including phenoxy) is 2. The third-order valence-corrected chi connectivity index (χ3v) is 2.20. The van der Waals surface area contributed by atoms with Crippen LogP contribution in [0.2, 0.25) is 0 Å². The van der Waals surface area contributed by atoms with Crippen molar-refractivity contribution in [1.29, 1.82) is 0 Å². The molecule has 0 unspecified atom stereocenters. The quantitative estimate of drug-likeness (QED) is 0.675. The molecule has 0 heterocycles. The lowest BCUT2D eigenvalue weighted by molar-refractivity contribution is -0.145. The summed E-state index contributed by atoms with van der Waals surface area (Å²) >= 11 is 0. The Hall–Kier alpha value is -1.26. The molecular weight excluding hydrogens is 210 g/mol. The molecule has 0 saturated carbocycles. The number of hydrogen-bond acceptors (Lipinski definition) is 4. The Morgan fingerprint density at radius 1 is 1.25 bits per heavy atom. The summed E-state index contributed by atoms with van der Waals surface area (Å²) in [5, 5.41) is 0. The Labute approximate surface area is 96.7 Å². The SMILES string of the molecule is CCOC(=O)N(C[C@@H](C)C(=O)OC)C(C)C. The van der Waals surface area contributed by atoms with Crippen molar-refractivity contribution in [2.45, 2.75) is 33.7 Å². The number of esters is 1. The lowest BCUT2D eigenvalue weighted by atomic mass is 10.1. The molecular formula is C11H21NO4. The van der Waals surface area contributed by atoms with Gasteiger partial charge in [0.25, 0.3) is 0 Å². The first-order chi connectivity index (χ1) is 7.43. The van der Waals surface area contributed by atoms with Gasteiger partial charge in [-0.2, -0.15) is 0 Å². The molecule has 1 amide bonds. The standard InChI is InChI=1S/C11H21NO4/c1-6-16-11(14)12(8(2)3)7-9(4)10(13)15-5/h8-9H,6-7H2,1-5H3/t9-/m1/s1. The van der Waals surface area contributed by atoms with Gasteiger partial charge in [0.15, 0.2) is 0 Å². The first-order valence-corrected chi connectivity index (χ1v) is 5.45. The van der Waals surface area contributed by atoms with Crippen molar-refractivity contribution >= 4 is 12.1 Å². The van der Waals surface area contributed by atoms with Crippen LogP contribution in [0.25, 0.3) is 0 Å². The molecule has 0 radical (unpaired) electrons. The molecule has 0 aromatic carbocycles. The predicted octanol–water partition coefficient (Wildman–Crippen LogP) is 1.66. The van der Waals surface area contributed by atoms with Gasteiger partial charge in [0.1, 0.15) is 0 Å². The maximum atomic E-state index is 11.6. The average molecular weight is 231 g/mol. The first-order valence-electron chi connectivity index (χ1n) is 5.45. The molecule has 1 atom stereocenters. The number of amides is 1. The van der Waals surface area contributed by atoms with Crippen LogP contribution in [-0.4, -0.2) is 43.3 Å². The molecule has 0 aliphatic rings. The van der Waals surface area contributed by atoms with Crippen LogP contribution in [-0.2, 0) is 14.3 Å². The number of carbonyl (C=O) groups is 2. The van der Waals surface area contributed by atoms with Gasteiger partial charge >= 0.3 is 12.1 Å². The van der Waals surface area contributed by atoms with Crippen LogP contribution >= 0.6 is 0 Å². The molecule has 0 saturated heterocycles. The van der Waals surface area contributed by atoms with Crippen LogP contribution in [0.15, 0.2) is 0 Å². The van der Waals surface area contributed by atoms with Gasteiger partial charge in [-0.25, -0.2) is 4.79 Å². The zero-order valence-corrected chi connectivity index (χ0v) is 10.6. The van der Waals surface area contributed by atoms with Gasteiger partial charge in [0.05, 0.1) is 19.6 Å². The van der Waals surface area contributed by atoms with Crippen molar-refractivity contribution in [2.75, 3.05) is 20.3 Å². The van der Waals surface area contributed by atoms with Gasteiger partial charge in [-0.1, -0.05) is 6.92 Å². The number of rotatable bonds is 5. The van der Waals surface area contributed by atoms with Gasteiger partial charge in [-0.05, 0) is 20.8 Å². The molecule has 0 spiro atoms. The second-order valence-corrected chi connectivity index (χ2v) is 3.87. The Morgan fingerprint density at radius 3 is 2.19 bits per heavy atom. The van der Waals surface area contributed by atoms with E-state index in [1.807, 2.05) is 13.8 Å². The van der Waals surface area contributed by atoms with E-state index in [0.29, 0.717) is 13.2 Å². The molecule has 0 aliphatic carbocycles. The van der Waals surface area contributed by atoms with Crippen molar-refractivity contribution in [3.8, 4) is 0 Å². The number of nitrogens with zero attached hydrogens (tertiary/aromatic N) is 1. The van der Waals surface area contributed by atoms with Crippen LogP contribution in [0, 0.1) is 5.92 Å². The van der Waals surface area contributed by atoms with E-state index in [1.165, 1.54) is 12.0 Å². The summed E-state index contributed by atoms with van der Waals surface area (Å²) in [5.41, 5.74) is 0. The Morgan fingerprint density at radius 2 is 1.81 bits per heavy atom. The van der Waals surface area contributed by atoms with E-state index in [-0.39, 0.29) is 17.9 Å². The number of methoxy groups -OCH3 is 1. The topological polar surface area (TPSA) is 55.8 Å². The molecule has 0 N–H and O–H groups in total. The minimum absolute atomic E-state index is 0.00819. The van der Waals surface area contributed by atoms with Crippen molar-refractivity contribution < 1.29 is 19.1 Å². The van der Waals surface area contributed by atoms with Crippen LogP contribution in [0.3, 0.4) is 0 Å². The summed E-state index contributed by atoms with van der Waals surface area (Å²) < 4.78 is 9.53. The summed E-state index contributed by atoms with van der Waals surface area (Å²) in [6.45, 7) is 7.86. The highest BCUT2D eigenvalue weighted by Gasteiger charge is 2.24. The molecule has 0 aromatic rings. The fraction of sp³-hybridized carbons (Fsp3) is 0.818. The van der Waals surface area contributed by atoms with E-state index >= 15 is 0 Å². The Balaban J connectivity index is 4.45. The summed E-state index contributed by atoms with van der Waals surface area (Å²) in [5.74, 6) is -0.674. The molecule has 0 bridgehead atoms. The van der Waals surface area contributed by atoms with Crippen LogP contribution in [0.1, 0.15) is 27.7 Å². The average Bonchev–Trinajstić information content (AvgIpc) is 2.23. The van der Waals surface area contributed by atoms with Crippen molar-refractivity contribution in [3.63, 3.8) is 0 Å². The van der Waals surface area contributed by atoms with Crippen molar-refractivity contribution in [3.05, 3.63) is 0 Å². The summed E-state index contributed by atoms with van der Waals surface area (Å²) in [6, 6.07) is -0.00819. The number of carbonyl (C=O) groups excluding carboxylic acids is 2. The van der Waals surface area contributed by atoms with E-state index in [9.17, 15) is 9.59 Å². The summed E-state index contributed by atoms with van der Waals surface area (Å²) in [4.78, 5) is 24.4. The normalized spacial score (nSPS) is 12.1. The van der Waals surface area contributed by atoms with Crippen LogP contribution < -0.4 is 0 Å². The zero-order valence-electron chi connectivity index (χ0n) is 10.6. The predicted molar refractivity (Wildman–Crippen MR) is 60.0 cm³/mol. The van der Waals surface area contributed by atoms with Crippen LogP contribution in [0.4, 0.5) is 4.79 Å². The van der Waals surface area contributed by atoms with E-state index in [4.69, 9.17) is 4.74 Å². The Bertz CT molecular complexity index is 240. The second-order valence-electron chi connectivity index (χ2n) is 3.87. The molecule has 16 heavy (non-hydrogen) atoms. The smallest absolute Gasteiger partial charge is 0.409 e. The molecule has 0 rings (SSSR count).